The number of rotatable bonds is 10. The predicted molar refractivity (Wildman–Crippen MR) is 73.8 cm³/mol. The first-order chi connectivity index (χ1) is 8.10. The Hall–Kier alpha value is -0.570. The minimum absolute atomic E-state index is 0.202. The molecule has 17 heavy (non-hydrogen) atoms. The summed E-state index contributed by atoms with van der Waals surface area (Å²) in [5, 5.41) is 3.07. The van der Waals surface area contributed by atoms with Gasteiger partial charge in [0.05, 0.1) is 0 Å². The van der Waals surface area contributed by atoms with Crippen molar-refractivity contribution in [3.63, 3.8) is 0 Å². The molecule has 0 aromatic heterocycles. The van der Waals surface area contributed by atoms with Crippen molar-refractivity contribution in [3.05, 3.63) is 0 Å². The molecule has 0 spiro atoms. The van der Waals surface area contributed by atoms with Gasteiger partial charge in [0.25, 0.3) is 0 Å². The lowest BCUT2D eigenvalue weighted by Gasteiger charge is -2.17. The summed E-state index contributed by atoms with van der Waals surface area (Å²) in [5.41, 5.74) is 5.42. The van der Waals surface area contributed by atoms with Crippen LogP contribution in [0.15, 0.2) is 0 Å². The molecular weight excluding hydrogens is 212 g/mol. The molecule has 3 heteroatoms. The molecule has 0 aromatic carbocycles. The highest BCUT2D eigenvalue weighted by Gasteiger charge is 2.09. The molecule has 2 unspecified atom stereocenters. The van der Waals surface area contributed by atoms with Crippen LogP contribution in [0.2, 0.25) is 0 Å². The first-order valence-corrected chi connectivity index (χ1v) is 7.09. The van der Waals surface area contributed by atoms with Crippen LogP contribution in [0.5, 0.6) is 0 Å². The van der Waals surface area contributed by atoms with E-state index in [4.69, 9.17) is 5.73 Å². The fourth-order valence-corrected chi connectivity index (χ4v) is 1.96. The average molecular weight is 242 g/mol. The third-order valence-corrected chi connectivity index (χ3v) is 3.22. The molecule has 1 amide bonds. The standard InChI is InChI=1S/C14H30N2O/c1-4-12(2)11-13(3)16-14(17)9-7-5-6-8-10-15/h12-13H,4-11,15H2,1-3H3,(H,16,17). The molecule has 0 rings (SSSR count). The van der Waals surface area contributed by atoms with Gasteiger partial charge < -0.3 is 11.1 Å². The van der Waals surface area contributed by atoms with Crippen LogP contribution in [0.25, 0.3) is 0 Å². The second-order valence-corrected chi connectivity index (χ2v) is 5.17. The summed E-state index contributed by atoms with van der Waals surface area (Å²) in [6, 6.07) is 0.307. The number of nitrogens with two attached hydrogens (primary N) is 1. The van der Waals surface area contributed by atoms with Gasteiger partial charge >= 0.3 is 0 Å². The Morgan fingerprint density at radius 3 is 2.41 bits per heavy atom. The quantitative estimate of drug-likeness (QED) is 0.579. The lowest BCUT2D eigenvalue weighted by molar-refractivity contribution is -0.121. The van der Waals surface area contributed by atoms with Crippen molar-refractivity contribution in [2.45, 2.75) is 71.8 Å². The van der Waals surface area contributed by atoms with Crippen LogP contribution in [0.1, 0.15) is 65.7 Å². The Morgan fingerprint density at radius 1 is 1.18 bits per heavy atom. The Kier molecular flexibility index (Phi) is 10.2. The number of nitrogens with one attached hydrogen (secondary N) is 1. The van der Waals surface area contributed by atoms with Crippen LogP contribution < -0.4 is 11.1 Å². The third-order valence-electron chi connectivity index (χ3n) is 3.22. The summed E-state index contributed by atoms with van der Waals surface area (Å²) < 4.78 is 0. The number of unbranched alkanes of at least 4 members (excludes halogenated alkanes) is 3. The molecule has 0 aliphatic carbocycles. The lowest BCUT2D eigenvalue weighted by Crippen LogP contribution is -2.33. The topological polar surface area (TPSA) is 55.1 Å². The van der Waals surface area contributed by atoms with E-state index in [0.29, 0.717) is 18.4 Å². The van der Waals surface area contributed by atoms with Crippen molar-refractivity contribution in [2.75, 3.05) is 6.54 Å². The number of amides is 1. The zero-order valence-electron chi connectivity index (χ0n) is 11.8. The van der Waals surface area contributed by atoms with Gasteiger partial charge in [0.2, 0.25) is 5.91 Å². The van der Waals surface area contributed by atoms with Gasteiger partial charge in [-0.05, 0) is 38.6 Å². The van der Waals surface area contributed by atoms with Crippen LogP contribution >= 0.6 is 0 Å². The van der Waals surface area contributed by atoms with Crippen molar-refractivity contribution in [1.29, 1.82) is 0 Å². The molecule has 0 aliphatic rings. The second kappa shape index (κ2) is 10.6. The molecule has 0 aromatic rings. The monoisotopic (exact) mass is 242 g/mol. The van der Waals surface area contributed by atoms with Crippen LogP contribution in [0.4, 0.5) is 0 Å². The number of carbonyl (C=O) groups excluding carboxylic acids is 1. The molecule has 0 aliphatic heterocycles. The van der Waals surface area contributed by atoms with Gasteiger partial charge in [-0.3, -0.25) is 4.79 Å². The van der Waals surface area contributed by atoms with Crippen LogP contribution in [-0.4, -0.2) is 18.5 Å². The summed E-state index contributed by atoms with van der Waals surface area (Å²) in [6.07, 6.45) is 7.24. The zero-order valence-corrected chi connectivity index (χ0v) is 11.8. The van der Waals surface area contributed by atoms with Crippen molar-refractivity contribution in [3.8, 4) is 0 Å². The maximum atomic E-state index is 11.6. The molecule has 2 atom stereocenters. The number of hydrogen-bond donors (Lipinski definition) is 2. The minimum Gasteiger partial charge on any atom is -0.354 e. The van der Waals surface area contributed by atoms with Crippen molar-refractivity contribution >= 4 is 5.91 Å². The summed E-state index contributed by atoms with van der Waals surface area (Å²) in [6.45, 7) is 7.28. The lowest BCUT2D eigenvalue weighted by atomic mass is 10.0. The van der Waals surface area contributed by atoms with Gasteiger partial charge in [-0.1, -0.05) is 33.1 Å². The minimum atomic E-state index is 0.202. The SMILES string of the molecule is CCC(C)CC(C)NC(=O)CCCCCCN. The summed E-state index contributed by atoms with van der Waals surface area (Å²) in [7, 11) is 0. The molecule has 0 heterocycles. The van der Waals surface area contributed by atoms with E-state index in [1.54, 1.807) is 0 Å². The van der Waals surface area contributed by atoms with Gasteiger partial charge in [0.15, 0.2) is 0 Å². The van der Waals surface area contributed by atoms with Crippen molar-refractivity contribution < 1.29 is 4.79 Å². The highest BCUT2D eigenvalue weighted by Crippen LogP contribution is 2.10. The Bertz CT molecular complexity index is 195. The van der Waals surface area contributed by atoms with Gasteiger partial charge in [0, 0.05) is 12.5 Å². The smallest absolute Gasteiger partial charge is 0.220 e. The summed E-state index contributed by atoms with van der Waals surface area (Å²) in [4.78, 5) is 11.6. The molecule has 0 saturated heterocycles. The van der Waals surface area contributed by atoms with E-state index in [1.807, 2.05) is 0 Å². The number of carbonyl (C=O) groups is 1. The van der Waals surface area contributed by atoms with Gasteiger partial charge in [-0.2, -0.15) is 0 Å². The first-order valence-electron chi connectivity index (χ1n) is 7.09. The van der Waals surface area contributed by atoms with Crippen LogP contribution in [-0.2, 0) is 4.79 Å². The fourth-order valence-electron chi connectivity index (χ4n) is 1.96. The van der Waals surface area contributed by atoms with E-state index in [2.05, 4.69) is 26.1 Å². The van der Waals surface area contributed by atoms with E-state index >= 15 is 0 Å². The molecular formula is C14H30N2O. The normalized spacial score (nSPS) is 14.4. The number of hydrogen-bond acceptors (Lipinski definition) is 2. The van der Waals surface area contributed by atoms with E-state index in [9.17, 15) is 4.79 Å². The Morgan fingerprint density at radius 2 is 1.82 bits per heavy atom. The summed E-state index contributed by atoms with van der Waals surface area (Å²) >= 11 is 0. The first kappa shape index (κ1) is 16.4. The van der Waals surface area contributed by atoms with E-state index in [0.717, 1.165) is 38.6 Å². The van der Waals surface area contributed by atoms with Crippen molar-refractivity contribution in [2.24, 2.45) is 11.7 Å². The van der Waals surface area contributed by atoms with E-state index < -0.39 is 0 Å². The molecule has 0 fully saturated rings. The molecule has 0 bridgehead atoms. The van der Waals surface area contributed by atoms with Gasteiger partial charge in [0.1, 0.15) is 0 Å². The van der Waals surface area contributed by atoms with Crippen LogP contribution in [0.3, 0.4) is 0 Å². The highest BCUT2D eigenvalue weighted by atomic mass is 16.1. The average Bonchev–Trinajstić information content (AvgIpc) is 2.28. The molecule has 102 valence electrons. The summed E-state index contributed by atoms with van der Waals surface area (Å²) in [5.74, 6) is 0.892. The van der Waals surface area contributed by atoms with E-state index in [1.165, 1.54) is 6.42 Å². The predicted octanol–water partition coefficient (Wildman–Crippen LogP) is 2.84. The maximum Gasteiger partial charge on any atom is 0.220 e. The molecule has 3 nitrogen and oxygen atoms in total. The Balaban J connectivity index is 3.50. The van der Waals surface area contributed by atoms with Crippen molar-refractivity contribution in [1.82, 2.24) is 5.32 Å². The molecule has 3 N–H and O–H groups in total. The fraction of sp³-hybridized carbons (Fsp3) is 0.929. The zero-order chi connectivity index (χ0) is 13.1. The Labute approximate surface area is 107 Å². The maximum absolute atomic E-state index is 11.6. The second-order valence-electron chi connectivity index (χ2n) is 5.17. The van der Waals surface area contributed by atoms with E-state index in [-0.39, 0.29) is 5.91 Å². The third kappa shape index (κ3) is 10.3. The largest absolute Gasteiger partial charge is 0.354 e. The highest BCUT2D eigenvalue weighted by molar-refractivity contribution is 5.76. The molecule has 0 saturated carbocycles. The van der Waals surface area contributed by atoms with Gasteiger partial charge in [-0.15, -0.1) is 0 Å². The van der Waals surface area contributed by atoms with Crippen LogP contribution in [0, 0.1) is 5.92 Å². The molecule has 0 radical (unpaired) electrons. The van der Waals surface area contributed by atoms with Gasteiger partial charge in [-0.25, -0.2) is 0 Å².